The van der Waals surface area contributed by atoms with Gasteiger partial charge >= 0.3 is 0 Å². The van der Waals surface area contributed by atoms with Gasteiger partial charge in [-0.25, -0.2) is 0 Å². The highest BCUT2D eigenvalue weighted by molar-refractivity contribution is 5.82. The molecule has 0 saturated heterocycles. The van der Waals surface area contributed by atoms with Gasteiger partial charge in [-0.05, 0) is 18.6 Å². The molecule has 3 nitrogen and oxygen atoms in total. The van der Waals surface area contributed by atoms with Crippen LogP contribution in [0.2, 0.25) is 0 Å². The fraction of sp³-hybridized carbons (Fsp3) is 0.533. The first-order valence-corrected chi connectivity index (χ1v) is 6.88. The van der Waals surface area contributed by atoms with E-state index in [1.807, 2.05) is 12.1 Å². The quantitative estimate of drug-likeness (QED) is 0.398. The number of hydrogen-bond donors (Lipinski definition) is 2. The number of nitrogens with one attached hydrogen (secondary N) is 1. The van der Waals surface area contributed by atoms with E-state index in [0.717, 1.165) is 18.5 Å². The second-order valence-corrected chi connectivity index (χ2v) is 4.49. The summed E-state index contributed by atoms with van der Waals surface area (Å²) in [5.74, 6) is 0.266. The van der Waals surface area contributed by atoms with Crippen molar-refractivity contribution in [3.63, 3.8) is 0 Å². The third-order valence-corrected chi connectivity index (χ3v) is 2.87. The minimum absolute atomic E-state index is 0.266. The molecule has 0 atom stereocenters. The molecular formula is C15H24N2O. The molecule has 2 N–H and O–H groups in total. The van der Waals surface area contributed by atoms with Crippen LogP contribution in [-0.4, -0.2) is 17.9 Å². The van der Waals surface area contributed by atoms with Crippen molar-refractivity contribution in [3.8, 4) is 5.75 Å². The smallest absolute Gasteiger partial charge is 0.124 e. The van der Waals surface area contributed by atoms with E-state index in [1.165, 1.54) is 32.1 Å². The maximum absolute atomic E-state index is 9.51. The van der Waals surface area contributed by atoms with Crippen LogP contribution in [0.1, 0.15) is 51.0 Å². The first-order chi connectivity index (χ1) is 8.84. The Labute approximate surface area is 110 Å². The summed E-state index contributed by atoms with van der Waals surface area (Å²) in [5, 5.41) is 13.6. The lowest BCUT2D eigenvalue weighted by Crippen LogP contribution is -2.07. The molecule has 0 aliphatic heterocycles. The molecule has 100 valence electrons. The summed E-state index contributed by atoms with van der Waals surface area (Å²) in [7, 11) is 0. The summed E-state index contributed by atoms with van der Waals surface area (Å²) in [6.07, 6.45) is 9.38. The Morgan fingerprint density at radius 2 is 1.83 bits per heavy atom. The van der Waals surface area contributed by atoms with Gasteiger partial charge in [-0.1, -0.05) is 51.2 Å². The van der Waals surface area contributed by atoms with E-state index in [4.69, 9.17) is 0 Å². The lowest BCUT2D eigenvalue weighted by Gasteiger charge is -2.01. The third-order valence-electron chi connectivity index (χ3n) is 2.87. The first-order valence-electron chi connectivity index (χ1n) is 6.88. The van der Waals surface area contributed by atoms with Crippen molar-refractivity contribution in [2.45, 2.75) is 45.4 Å². The van der Waals surface area contributed by atoms with E-state index in [2.05, 4.69) is 17.5 Å². The van der Waals surface area contributed by atoms with E-state index in [1.54, 1.807) is 18.3 Å². The van der Waals surface area contributed by atoms with Gasteiger partial charge in [-0.3, -0.25) is 0 Å². The number of benzene rings is 1. The SMILES string of the molecule is CCCCCCCCN/N=C/c1ccccc1O. The summed E-state index contributed by atoms with van der Waals surface area (Å²) < 4.78 is 0. The van der Waals surface area contributed by atoms with E-state index < -0.39 is 0 Å². The maximum Gasteiger partial charge on any atom is 0.124 e. The average molecular weight is 248 g/mol. The maximum atomic E-state index is 9.51. The Balaban J connectivity index is 2.06. The normalized spacial score (nSPS) is 10.9. The minimum atomic E-state index is 0.266. The first kappa shape index (κ1) is 14.6. The number of rotatable bonds is 9. The molecule has 0 radical (unpaired) electrons. The summed E-state index contributed by atoms with van der Waals surface area (Å²) in [6, 6.07) is 7.19. The van der Waals surface area contributed by atoms with Gasteiger partial charge in [0.2, 0.25) is 0 Å². The minimum Gasteiger partial charge on any atom is -0.507 e. The van der Waals surface area contributed by atoms with Crippen LogP contribution < -0.4 is 5.43 Å². The van der Waals surface area contributed by atoms with Crippen molar-refractivity contribution in [2.24, 2.45) is 5.10 Å². The van der Waals surface area contributed by atoms with E-state index in [9.17, 15) is 5.11 Å². The number of phenols is 1. The van der Waals surface area contributed by atoms with Gasteiger partial charge in [0.05, 0.1) is 6.21 Å². The number of para-hydroxylation sites is 1. The van der Waals surface area contributed by atoms with Crippen LogP contribution in [0.3, 0.4) is 0 Å². The fourth-order valence-electron chi connectivity index (χ4n) is 1.76. The van der Waals surface area contributed by atoms with Crippen LogP contribution in [0.5, 0.6) is 5.75 Å². The Morgan fingerprint density at radius 1 is 1.11 bits per heavy atom. The topological polar surface area (TPSA) is 44.6 Å². The predicted octanol–water partition coefficient (Wildman–Crippen LogP) is 3.68. The van der Waals surface area contributed by atoms with Crippen molar-refractivity contribution in [2.75, 3.05) is 6.54 Å². The third kappa shape index (κ3) is 6.28. The van der Waals surface area contributed by atoms with Crippen LogP contribution in [0.15, 0.2) is 29.4 Å². The highest BCUT2D eigenvalue weighted by Gasteiger charge is 1.94. The van der Waals surface area contributed by atoms with Crippen LogP contribution in [-0.2, 0) is 0 Å². The monoisotopic (exact) mass is 248 g/mol. The number of nitrogens with zero attached hydrogens (tertiary/aromatic N) is 1. The molecule has 0 aliphatic rings. The number of aromatic hydroxyl groups is 1. The molecule has 1 aromatic carbocycles. The van der Waals surface area contributed by atoms with Crippen LogP contribution >= 0.6 is 0 Å². The van der Waals surface area contributed by atoms with Crippen LogP contribution in [0, 0.1) is 0 Å². The molecule has 0 fully saturated rings. The standard InChI is InChI=1S/C15H24N2O/c1-2-3-4-5-6-9-12-16-17-13-14-10-7-8-11-15(14)18/h7-8,10-11,13,16,18H,2-6,9,12H2,1H3/b17-13+. The lowest BCUT2D eigenvalue weighted by molar-refractivity contribution is 0.474. The Bertz CT molecular complexity index is 350. The molecular weight excluding hydrogens is 224 g/mol. The number of hydrogen-bond acceptors (Lipinski definition) is 3. The van der Waals surface area contributed by atoms with Crippen molar-refractivity contribution in [1.29, 1.82) is 0 Å². The van der Waals surface area contributed by atoms with Gasteiger partial charge < -0.3 is 10.5 Å². The molecule has 0 aromatic heterocycles. The Kier molecular flexibility index (Phi) is 7.69. The van der Waals surface area contributed by atoms with Gasteiger partial charge in [0.25, 0.3) is 0 Å². The predicted molar refractivity (Wildman–Crippen MR) is 77.1 cm³/mol. The van der Waals surface area contributed by atoms with Crippen LogP contribution in [0.25, 0.3) is 0 Å². The highest BCUT2D eigenvalue weighted by atomic mass is 16.3. The van der Waals surface area contributed by atoms with Crippen molar-refractivity contribution >= 4 is 6.21 Å². The zero-order chi connectivity index (χ0) is 13.1. The second kappa shape index (κ2) is 9.51. The molecule has 0 spiro atoms. The largest absolute Gasteiger partial charge is 0.507 e. The molecule has 0 saturated carbocycles. The zero-order valence-corrected chi connectivity index (χ0v) is 11.2. The number of unbranched alkanes of at least 4 members (excludes halogenated alkanes) is 5. The molecule has 18 heavy (non-hydrogen) atoms. The lowest BCUT2D eigenvalue weighted by atomic mass is 10.1. The van der Waals surface area contributed by atoms with Crippen molar-refractivity contribution < 1.29 is 5.11 Å². The summed E-state index contributed by atoms with van der Waals surface area (Å²) in [5.41, 5.74) is 3.75. The Morgan fingerprint density at radius 3 is 2.61 bits per heavy atom. The summed E-state index contributed by atoms with van der Waals surface area (Å²) >= 11 is 0. The average Bonchev–Trinajstić information content (AvgIpc) is 2.39. The fourth-order valence-corrected chi connectivity index (χ4v) is 1.76. The molecule has 0 unspecified atom stereocenters. The number of phenolic OH excluding ortho intramolecular Hbond substituents is 1. The van der Waals surface area contributed by atoms with E-state index >= 15 is 0 Å². The summed E-state index contributed by atoms with van der Waals surface area (Å²) in [6.45, 7) is 3.13. The molecule has 0 heterocycles. The summed E-state index contributed by atoms with van der Waals surface area (Å²) in [4.78, 5) is 0. The van der Waals surface area contributed by atoms with Gasteiger partial charge in [-0.2, -0.15) is 5.10 Å². The molecule has 1 aromatic rings. The van der Waals surface area contributed by atoms with Gasteiger partial charge in [-0.15, -0.1) is 0 Å². The Hall–Kier alpha value is -1.51. The van der Waals surface area contributed by atoms with E-state index in [-0.39, 0.29) is 5.75 Å². The van der Waals surface area contributed by atoms with Crippen molar-refractivity contribution in [3.05, 3.63) is 29.8 Å². The van der Waals surface area contributed by atoms with Crippen LogP contribution in [0.4, 0.5) is 0 Å². The number of hydrazone groups is 1. The van der Waals surface area contributed by atoms with Crippen molar-refractivity contribution in [1.82, 2.24) is 5.43 Å². The van der Waals surface area contributed by atoms with Gasteiger partial charge in [0.1, 0.15) is 5.75 Å². The molecule has 0 amide bonds. The van der Waals surface area contributed by atoms with Gasteiger partial charge in [0, 0.05) is 12.1 Å². The highest BCUT2D eigenvalue weighted by Crippen LogP contribution is 2.12. The van der Waals surface area contributed by atoms with E-state index in [0.29, 0.717) is 0 Å². The van der Waals surface area contributed by atoms with Gasteiger partial charge in [0.15, 0.2) is 0 Å². The molecule has 1 rings (SSSR count). The second-order valence-electron chi connectivity index (χ2n) is 4.49. The molecule has 3 heteroatoms. The molecule has 0 bridgehead atoms. The zero-order valence-electron chi connectivity index (χ0n) is 11.2. The molecule has 0 aliphatic carbocycles.